The van der Waals surface area contributed by atoms with Gasteiger partial charge in [0.25, 0.3) is 0 Å². The second kappa shape index (κ2) is 8.12. The summed E-state index contributed by atoms with van der Waals surface area (Å²) < 4.78 is 44.2. The van der Waals surface area contributed by atoms with Crippen LogP contribution in [0.5, 0.6) is 6.01 Å². The molecule has 0 bridgehead atoms. The molecule has 0 saturated carbocycles. The molecule has 2 heterocycles. The first kappa shape index (κ1) is 19.4. The first-order chi connectivity index (χ1) is 12.8. The first-order valence-corrected chi connectivity index (χ1v) is 8.98. The summed E-state index contributed by atoms with van der Waals surface area (Å²) in [6.07, 6.45) is -0.0287. The Morgan fingerprint density at radius 3 is 2.52 bits per heavy atom. The Labute approximate surface area is 161 Å². The van der Waals surface area contributed by atoms with E-state index >= 15 is 0 Å². The minimum absolute atomic E-state index is 0.230. The van der Waals surface area contributed by atoms with Crippen molar-refractivity contribution in [3.63, 3.8) is 0 Å². The Morgan fingerprint density at radius 2 is 1.89 bits per heavy atom. The van der Waals surface area contributed by atoms with Crippen LogP contribution in [-0.4, -0.2) is 40.1 Å². The van der Waals surface area contributed by atoms with Gasteiger partial charge < -0.3 is 15.0 Å². The van der Waals surface area contributed by atoms with Gasteiger partial charge in [-0.1, -0.05) is 0 Å². The molecule has 144 valence electrons. The van der Waals surface area contributed by atoms with Crippen LogP contribution in [0.1, 0.15) is 18.4 Å². The van der Waals surface area contributed by atoms with E-state index in [0.29, 0.717) is 18.8 Å². The number of anilines is 1. The number of halogens is 4. The number of carbonyl (C=O) groups is 1. The number of rotatable bonds is 3. The van der Waals surface area contributed by atoms with Gasteiger partial charge in [-0.15, -0.1) is 0 Å². The number of amides is 2. The van der Waals surface area contributed by atoms with Gasteiger partial charge in [0.15, 0.2) is 0 Å². The van der Waals surface area contributed by atoms with Crippen molar-refractivity contribution in [2.75, 3.05) is 18.4 Å². The summed E-state index contributed by atoms with van der Waals surface area (Å²) in [5, 5.41) is 2.61. The molecule has 6 nitrogen and oxygen atoms in total. The fourth-order valence-corrected chi connectivity index (χ4v) is 2.88. The highest BCUT2D eigenvalue weighted by Gasteiger charge is 2.30. The second-order valence-electron chi connectivity index (χ2n) is 6.02. The van der Waals surface area contributed by atoms with Crippen molar-refractivity contribution in [2.45, 2.75) is 25.1 Å². The Bertz CT molecular complexity index is 784. The fourth-order valence-electron chi connectivity index (χ4n) is 2.67. The number of hydrogen-bond donors (Lipinski definition) is 1. The summed E-state index contributed by atoms with van der Waals surface area (Å²) in [7, 11) is 0. The molecule has 3 rings (SSSR count). The van der Waals surface area contributed by atoms with Crippen molar-refractivity contribution in [3.8, 4) is 6.01 Å². The van der Waals surface area contributed by atoms with Crippen LogP contribution in [-0.2, 0) is 6.18 Å². The van der Waals surface area contributed by atoms with Gasteiger partial charge in [0.05, 0.1) is 16.6 Å². The van der Waals surface area contributed by atoms with Crippen LogP contribution in [0.25, 0.3) is 0 Å². The summed E-state index contributed by atoms with van der Waals surface area (Å²) in [6.45, 7) is 0.874. The predicted molar refractivity (Wildman–Crippen MR) is 95.4 cm³/mol. The molecule has 1 aromatic heterocycles. The largest absolute Gasteiger partial charge is 0.458 e. The summed E-state index contributed by atoms with van der Waals surface area (Å²) in [4.78, 5) is 22.0. The number of likely N-dealkylation sites (tertiary alicyclic amines) is 1. The van der Waals surface area contributed by atoms with Crippen LogP contribution in [0, 0.1) is 0 Å². The van der Waals surface area contributed by atoms with Crippen molar-refractivity contribution in [1.82, 2.24) is 14.9 Å². The van der Waals surface area contributed by atoms with Crippen LogP contribution in [0.4, 0.5) is 23.7 Å². The third-order valence-corrected chi connectivity index (χ3v) is 4.41. The monoisotopic (exact) mass is 444 g/mol. The number of ether oxygens (including phenoxy) is 1. The summed E-state index contributed by atoms with van der Waals surface area (Å²) in [6, 6.07) is 4.17. The highest BCUT2D eigenvalue weighted by atomic mass is 79.9. The zero-order valence-electron chi connectivity index (χ0n) is 14.0. The molecule has 10 heteroatoms. The van der Waals surface area contributed by atoms with E-state index in [-0.39, 0.29) is 18.1 Å². The van der Waals surface area contributed by atoms with E-state index in [0.717, 1.165) is 29.4 Å². The molecule has 1 N–H and O–H groups in total. The first-order valence-electron chi connectivity index (χ1n) is 8.18. The quantitative estimate of drug-likeness (QED) is 0.764. The number of piperidine rings is 1. The summed E-state index contributed by atoms with van der Waals surface area (Å²) in [5.74, 6) is 0. The lowest BCUT2D eigenvalue weighted by molar-refractivity contribution is -0.137. The van der Waals surface area contributed by atoms with E-state index in [4.69, 9.17) is 4.74 Å². The van der Waals surface area contributed by atoms with Gasteiger partial charge in [0.1, 0.15) is 6.10 Å². The third kappa shape index (κ3) is 5.31. The zero-order valence-corrected chi connectivity index (χ0v) is 15.6. The molecule has 2 aromatic rings. The van der Waals surface area contributed by atoms with Gasteiger partial charge >= 0.3 is 18.2 Å². The Balaban J connectivity index is 1.57. The van der Waals surface area contributed by atoms with Crippen LogP contribution >= 0.6 is 15.9 Å². The number of benzene rings is 1. The fraction of sp³-hybridized carbons (Fsp3) is 0.353. The smallest absolute Gasteiger partial charge is 0.416 e. The van der Waals surface area contributed by atoms with Gasteiger partial charge in [-0.05, 0) is 53.0 Å². The Hall–Kier alpha value is -2.36. The molecule has 1 atom stereocenters. The van der Waals surface area contributed by atoms with Crippen LogP contribution in [0.3, 0.4) is 0 Å². The molecule has 27 heavy (non-hydrogen) atoms. The van der Waals surface area contributed by atoms with E-state index < -0.39 is 11.7 Å². The molecular weight excluding hydrogens is 429 g/mol. The van der Waals surface area contributed by atoms with Crippen LogP contribution in [0.15, 0.2) is 41.1 Å². The number of hydrogen-bond acceptors (Lipinski definition) is 4. The molecule has 1 fully saturated rings. The molecule has 0 spiro atoms. The predicted octanol–water partition coefficient (Wildman–Crippen LogP) is 4.33. The van der Waals surface area contributed by atoms with Gasteiger partial charge in [-0.3, -0.25) is 0 Å². The second-order valence-corrected chi connectivity index (χ2v) is 6.93. The zero-order chi connectivity index (χ0) is 19.4. The normalized spacial score (nSPS) is 17.5. The van der Waals surface area contributed by atoms with E-state index in [1.807, 2.05) is 0 Å². The lowest BCUT2D eigenvalue weighted by atomic mass is 10.1. The lowest BCUT2D eigenvalue weighted by Crippen LogP contribution is -2.46. The molecule has 1 aliphatic heterocycles. The number of nitrogens with zero attached hydrogens (tertiary/aromatic N) is 3. The number of carbonyl (C=O) groups excluding carboxylic acids is 1. The molecule has 0 aliphatic carbocycles. The van der Waals surface area contributed by atoms with E-state index in [1.165, 1.54) is 12.1 Å². The molecule has 1 aromatic carbocycles. The van der Waals surface area contributed by atoms with Crippen molar-refractivity contribution >= 4 is 27.6 Å². The minimum Gasteiger partial charge on any atom is -0.458 e. The van der Waals surface area contributed by atoms with Gasteiger partial charge in [0, 0.05) is 24.6 Å². The Morgan fingerprint density at radius 1 is 1.22 bits per heavy atom. The molecule has 1 unspecified atom stereocenters. The minimum atomic E-state index is -4.41. The van der Waals surface area contributed by atoms with Gasteiger partial charge in [-0.2, -0.15) is 13.2 Å². The van der Waals surface area contributed by atoms with Crippen molar-refractivity contribution in [2.24, 2.45) is 0 Å². The van der Waals surface area contributed by atoms with Crippen molar-refractivity contribution < 1.29 is 22.7 Å². The molecular formula is C17H16BrF3N4O2. The maximum Gasteiger partial charge on any atom is 0.416 e. The molecule has 2 amide bonds. The highest BCUT2D eigenvalue weighted by Crippen LogP contribution is 2.30. The summed E-state index contributed by atoms with van der Waals surface area (Å²) in [5.41, 5.74) is -0.464. The maximum absolute atomic E-state index is 12.6. The van der Waals surface area contributed by atoms with Crippen LogP contribution < -0.4 is 10.1 Å². The lowest BCUT2D eigenvalue weighted by Gasteiger charge is -2.32. The standard InChI is InChI=1S/C17H16BrF3N4O2/c18-12-8-22-15(23-9-12)27-14-2-1-7-25(10-14)16(26)24-13-5-3-11(4-6-13)17(19,20)21/h3-6,8-9,14H,1-2,7,10H2,(H,24,26). The van der Waals surface area contributed by atoms with E-state index in [1.54, 1.807) is 17.3 Å². The number of urea groups is 1. The Kier molecular flexibility index (Phi) is 5.83. The number of aromatic nitrogens is 2. The van der Waals surface area contributed by atoms with E-state index in [2.05, 4.69) is 31.2 Å². The molecule has 1 saturated heterocycles. The maximum atomic E-state index is 12.6. The van der Waals surface area contributed by atoms with E-state index in [9.17, 15) is 18.0 Å². The average molecular weight is 445 g/mol. The number of alkyl halides is 3. The summed E-state index contributed by atoms with van der Waals surface area (Å²) >= 11 is 3.24. The topological polar surface area (TPSA) is 67.4 Å². The SMILES string of the molecule is O=C(Nc1ccc(C(F)(F)F)cc1)N1CCCC(Oc2ncc(Br)cn2)C1. The van der Waals surface area contributed by atoms with Crippen molar-refractivity contribution in [1.29, 1.82) is 0 Å². The molecule has 1 aliphatic rings. The van der Waals surface area contributed by atoms with Gasteiger partial charge in [0.2, 0.25) is 0 Å². The molecule has 0 radical (unpaired) electrons. The third-order valence-electron chi connectivity index (χ3n) is 4.00. The number of nitrogens with one attached hydrogen (secondary N) is 1. The highest BCUT2D eigenvalue weighted by molar-refractivity contribution is 9.10. The average Bonchev–Trinajstić information content (AvgIpc) is 2.63. The van der Waals surface area contributed by atoms with Crippen molar-refractivity contribution in [3.05, 3.63) is 46.7 Å². The van der Waals surface area contributed by atoms with Gasteiger partial charge in [-0.25, -0.2) is 14.8 Å². The van der Waals surface area contributed by atoms with Crippen LogP contribution in [0.2, 0.25) is 0 Å².